The van der Waals surface area contributed by atoms with E-state index in [0.29, 0.717) is 13.1 Å². The first kappa shape index (κ1) is 16.1. The van der Waals surface area contributed by atoms with Crippen LogP contribution in [0.5, 0.6) is 5.75 Å². The molecule has 1 aliphatic heterocycles. The van der Waals surface area contributed by atoms with Crippen LogP contribution in [-0.4, -0.2) is 43.9 Å². The molecule has 1 aromatic rings. The van der Waals surface area contributed by atoms with Crippen LogP contribution in [0, 0.1) is 0 Å². The Morgan fingerprint density at radius 3 is 2.33 bits per heavy atom. The molecule has 0 saturated carbocycles. The minimum atomic E-state index is -4.09. The number of likely N-dealkylation sites (tertiary alicyclic amines) is 1. The molecule has 0 amide bonds. The highest BCUT2D eigenvalue weighted by Crippen LogP contribution is 2.20. The summed E-state index contributed by atoms with van der Waals surface area (Å²) in [4.78, 5) is 1.48. The molecule has 1 aliphatic rings. The Hall–Kier alpha value is -1.27. The van der Waals surface area contributed by atoms with Crippen LogP contribution in [0.4, 0.5) is 13.2 Å². The molecule has 2 rings (SSSR count). The topological polar surface area (TPSA) is 24.5 Å². The van der Waals surface area contributed by atoms with Crippen LogP contribution in [0.3, 0.4) is 0 Å². The van der Waals surface area contributed by atoms with Crippen molar-refractivity contribution in [1.82, 2.24) is 10.2 Å². The number of alkyl halides is 3. The van der Waals surface area contributed by atoms with Crippen LogP contribution >= 0.6 is 0 Å². The Morgan fingerprint density at radius 2 is 1.81 bits per heavy atom. The average Bonchev–Trinajstić information content (AvgIpc) is 2.45. The largest absolute Gasteiger partial charge is 0.497 e. The molecule has 1 fully saturated rings. The quantitative estimate of drug-likeness (QED) is 0.905. The van der Waals surface area contributed by atoms with Gasteiger partial charge in [-0.1, -0.05) is 12.1 Å². The molecular weight excluding hydrogens is 281 g/mol. The van der Waals surface area contributed by atoms with Gasteiger partial charge in [0.2, 0.25) is 0 Å². The number of nitrogens with one attached hydrogen (secondary N) is 1. The van der Waals surface area contributed by atoms with Gasteiger partial charge in [0.05, 0.1) is 13.7 Å². The molecule has 1 heterocycles. The first-order chi connectivity index (χ1) is 9.96. The van der Waals surface area contributed by atoms with E-state index in [9.17, 15) is 13.2 Å². The van der Waals surface area contributed by atoms with Crippen molar-refractivity contribution in [2.24, 2.45) is 0 Å². The smallest absolute Gasteiger partial charge is 0.401 e. The van der Waals surface area contributed by atoms with Gasteiger partial charge in [0.1, 0.15) is 5.75 Å². The number of hydrogen-bond acceptors (Lipinski definition) is 3. The maximum Gasteiger partial charge on any atom is 0.401 e. The van der Waals surface area contributed by atoms with Crippen molar-refractivity contribution in [3.63, 3.8) is 0 Å². The number of methoxy groups -OCH3 is 1. The van der Waals surface area contributed by atoms with Gasteiger partial charge in [-0.2, -0.15) is 13.2 Å². The highest BCUT2D eigenvalue weighted by molar-refractivity contribution is 5.27. The van der Waals surface area contributed by atoms with Crippen molar-refractivity contribution >= 4 is 0 Å². The van der Waals surface area contributed by atoms with E-state index < -0.39 is 12.7 Å². The molecule has 3 nitrogen and oxygen atoms in total. The van der Waals surface area contributed by atoms with Gasteiger partial charge in [0, 0.05) is 12.6 Å². The summed E-state index contributed by atoms with van der Waals surface area (Å²) in [6, 6.07) is 8.08. The molecule has 1 saturated heterocycles. The van der Waals surface area contributed by atoms with Crippen LogP contribution in [0.25, 0.3) is 0 Å². The highest BCUT2D eigenvalue weighted by atomic mass is 19.4. The van der Waals surface area contributed by atoms with Gasteiger partial charge in [0.25, 0.3) is 0 Å². The number of piperidine rings is 1. The van der Waals surface area contributed by atoms with Crippen LogP contribution in [0.2, 0.25) is 0 Å². The molecule has 1 aromatic carbocycles. The average molecular weight is 302 g/mol. The minimum absolute atomic E-state index is 0.289. The van der Waals surface area contributed by atoms with Crippen LogP contribution in [0.1, 0.15) is 18.4 Å². The predicted molar refractivity (Wildman–Crippen MR) is 75.4 cm³/mol. The zero-order valence-corrected chi connectivity index (χ0v) is 12.1. The molecule has 21 heavy (non-hydrogen) atoms. The van der Waals surface area contributed by atoms with Crippen molar-refractivity contribution < 1.29 is 17.9 Å². The van der Waals surface area contributed by atoms with Gasteiger partial charge in [-0.15, -0.1) is 0 Å². The Kier molecular flexibility index (Phi) is 5.47. The summed E-state index contributed by atoms with van der Waals surface area (Å²) in [6.45, 7) is 0.936. The van der Waals surface area contributed by atoms with E-state index in [1.165, 1.54) is 4.90 Å². The normalized spacial score (nSPS) is 17.9. The van der Waals surface area contributed by atoms with Gasteiger partial charge in [-0.05, 0) is 43.6 Å². The van der Waals surface area contributed by atoms with E-state index in [1.807, 2.05) is 24.3 Å². The van der Waals surface area contributed by atoms with Crippen LogP contribution < -0.4 is 10.1 Å². The molecule has 0 aromatic heterocycles. The second-order valence-electron chi connectivity index (χ2n) is 5.39. The SMILES string of the molecule is COc1ccc(CNC2CCN(CC(F)(F)F)CC2)cc1. The fraction of sp³-hybridized carbons (Fsp3) is 0.600. The lowest BCUT2D eigenvalue weighted by Crippen LogP contribution is -2.45. The molecule has 0 radical (unpaired) electrons. The molecule has 0 bridgehead atoms. The van der Waals surface area contributed by atoms with Crippen molar-refractivity contribution in [3.8, 4) is 5.75 Å². The van der Waals surface area contributed by atoms with Gasteiger partial charge >= 0.3 is 6.18 Å². The van der Waals surface area contributed by atoms with Crippen molar-refractivity contribution in [2.45, 2.75) is 31.6 Å². The van der Waals surface area contributed by atoms with E-state index in [1.54, 1.807) is 7.11 Å². The lowest BCUT2D eigenvalue weighted by atomic mass is 10.0. The summed E-state index contributed by atoms with van der Waals surface area (Å²) in [5.41, 5.74) is 1.15. The summed E-state index contributed by atoms with van der Waals surface area (Å²) in [7, 11) is 1.63. The number of benzene rings is 1. The third-order valence-corrected chi connectivity index (χ3v) is 3.74. The van der Waals surface area contributed by atoms with Crippen molar-refractivity contribution in [3.05, 3.63) is 29.8 Å². The third kappa shape index (κ3) is 5.55. The first-order valence-corrected chi connectivity index (χ1v) is 7.12. The molecule has 0 atom stereocenters. The molecular formula is C15H21F3N2O. The van der Waals surface area contributed by atoms with Gasteiger partial charge in [-0.3, -0.25) is 4.90 Å². The molecule has 0 unspecified atom stereocenters. The maximum atomic E-state index is 12.3. The standard InChI is InChI=1S/C15H21F3N2O/c1-21-14-4-2-12(3-5-14)10-19-13-6-8-20(9-7-13)11-15(16,17)18/h2-5,13,19H,6-11H2,1H3. The molecule has 118 valence electrons. The second kappa shape index (κ2) is 7.13. The molecule has 0 spiro atoms. The molecule has 1 N–H and O–H groups in total. The highest BCUT2D eigenvalue weighted by Gasteiger charge is 2.32. The van der Waals surface area contributed by atoms with E-state index in [-0.39, 0.29) is 6.04 Å². The van der Waals surface area contributed by atoms with Crippen molar-refractivity contribution in [1.29, 1.82) is 0 Å². The summed E-state index contributed by atoms with van der Waals surface area (Å²) >= 11 is 0. The summed E-state index contributed by atoms with van der Waals surface area (Å²) in [6.07, 6.45) is -2.58. The second-order valence-corrected chi connectivity index (χ2v) is 5.39. The number of halogens is 3. The Labute approximate surface area is 123 Å². The van der Waals surface area contributed by atoms with E-state index in [2.05, 4.69) is 5.32 Å². The Balaban J connectivity index is 1.71. The fourth-order valence-corrected chi connectivity index (χ4v) is 2.55. The summed E-state index contributed by atoms with van der Waals surface area (Å²) in [5.74, 6) is 0.819. The molecule has 6 heteroatoms. The third-order valence-electron chi connectivity index (χ3n) is 3.74. The minimum Gasteiger partial charge on any atom is -0.497 e. The van der Waals surface area contributed by atoms with E-state index in [4.69, 9.17) is 4.74 Å². The number of ether oxygens (including phenoxy) is 1. The zero-order chi connectivity index (χ0) is 15.3. The van der Waals surface area contributed by atoms with Gasteiger partial charge in [0.15, 0.2) is 0 Å². The lowest BCUT2D eigenvalue weighted by molar-refractivity contribution is -0.148. The van der Waals surface area contributed by atoms with Gasteiger partial charge < -0.3 is 10.1 Å². The van der Waals surface area contributed by atoms with Gasteiger partial charge in [-0.25, -0.2) is 0 Å². The lowest BCUT2D eigenvalue weighted by Gasteiger charge is -2.32. The zero-order valence-electron chi connectivity index (χ0n) is 12.1. The Bertz CT molecular complexity index is 426. The molecule has 0 aliphatic carbocycles. The first-order valence-electron chi connectivity index (χ1n) is 7.12. The number of nitrogens with zero attached hydrogens (tertiary/aromatic N) is 1. The number of hydrogen-bond donors (Lipinski definition) is 1. The maximum absolute atomic E-state index is 12.3. The number of rotatable bonds is 5. The Morgan fingerprint density at radius 1 is 1.19 bits per heavy atom. The van der Waals surface area contributed by atoms with E-state index in [0.717, 1.165) is 30.7 Å². The van der Waals surface area contributed by atoms with Crippen LogP contribution in [0.15, 0.2) is 24.3 Å². The van der Waals surface area contributed by atoms with Crippen LogP contribution in [-0.2, 0) is 6.54 Å². The van der Waals surface area contributed by atoms with E-state index >= 15 is 0 Å². The summed E-state index contributed by atoms with van der Waals surface area (Å²) in [5, 5.41) is 3.41. The van der Waals surface area contributed by atoms with Crippen molar-refractivity contribution in [2.75, 3.05) is 26.7 Å². The fourth-order valence-electron chi connectivity index (χ4n) is 2.55. The monoisotopic (exact) mass is 302 g/mol. The summed E-state index contributed by atoms with van der Waals surface area (Å²) < 4.78 is 42.0. The predicted octanol–water partition coefficient (Wildman–Crippen LogP) is 2.81.